The van der Waals surface area contributed by atoms with Crippen molar-refractivity contribution < 1.29 is 28.6 Å². The second-order valence-electron chi connectivity index (χ2n) is 20.2. The first-order valence-electron chi connectivity index (χ1n) is 30.0. The molecular weight excluding hydrogens is 841 g/mol. The monoisotopic (exact) mass is 955 g/mol. The number of hydrogen-bond acceptors (Lipinski definition) is 6. The van der Waals surface area contributed by atoms with Crippen LogP contribution in [0.4, 0.5) is 0 Å². The highest BCUT2D eigenvalue weighted by molar-refractivity contribution is 5.71. The number of carbonyl (C=O) groups is 3. The summed E-state index contributed by atoms with van der Waals surface area (Å²) in [5.41, 5.74) is 0. The molecule has 0 aromatic heterocycles. The van der Waals surface area contributed by atoms with Crippen molar-refractivity contribution in [3.8, 4) is 0 Å². The highest BCUT2D eigenvalue weighted by atomic mass is 16.6. The van der Waals surface area contributed by atoms with Crippen LogP contribution < -0.4 is 0 Å². The lowest BCUT2D eigenvalue weighted by atomic mass is 10.0. The molecule has 0 aliphatic rings. The van der Waals surface area contributed by atoms with Crippen LogP contribution in [-0.2, 0) is 28.6 Å². The fourth-order valence-corrected chi connectivity index (χ4v) is 8.93. The average Bonchev–Trinajstić information content (AvgIpc) is 3.34. The minimum Gasteiger partial charge on any atom is -0.462 e. The molecule has 0 N–H and O–H groups in total. The Morgan fingerprint density at radius 2 is 0.574 bits per heavy atom. The van der Waals surface area contributed by atoms with Gasteiger partial charge in [0, 0.05) is 19.3 Å². The Bertz CT molecular complexity index is 1140. The molecule has 398 valence electrons. The van der Waals surface area contributed by atoms with Crippen LogP contribution in [-0.4, -0.2) is 37.2 Å². The molecule has 0 aliphatic carbocycles. The Kier molecular flexibility index (Phi) is 55.2. The zero-order valence-corrected chi connectivity index (χ0v) is 45.6. The lowest BCUT2D eigenvalue weighted by Gasteiger charge is -2.18. The first-order valence-corrected chi connectivity index (χ1v) is 30.0. The quantitative estimate of drug-likeness (QED) is 0.0262. The fourth-order valence-electron chi connectivity index (χ4n) is 8.93. The summed E-state index contributed by atoms with van der Waals surface area (Å²) in [6.45, 7) is 6.47. The van der Waals surface area contributed by atoms with Crippen LogP contribution in [0.2, 0.25) is 0 Å². The largest absolute Gasteiger partial charge is 0.462 e. The van der Waals surface area contributed by atoms with Crippen molar-refractivity contribution in [3.63, 3.8) is 0 Å². The summed E-state index contributed by atoms with van der Waals surface area (Å²) in [5, 5.41) is 0. The van der Waals surface area contributed by atoms with Crippen molar-refractivity contribution in [1.29, 1.82) is 0 Å². The number of carbonyl (C=O) groups excluding carboxylic acids is 3. The van der Waals surface area contributed by atoms with E-state index < -0.39 is 6.10 Å². The van der Waals surface area contributed by atoms with E-state index >= 15 is 0 Å². The third kappa shape index (κ3) is 54.6. The summed E-state index contributed by atoms with van der Waals surface area (Å²) in [5.74, 6) is -0.894. The van der Waals surface area contributed by atoms with E-state index in [1.54, 1.807) is 0 Å². The number of ether oxygens (including phenoxy) is 3. The Morgan fingerprint density at radius 1 is 0.309 bits per heavy atom. The first kappa shape index (κ1) is 65.6. The Balaban J connectivity index is 3.92. The molecule has 6 heteroatoms. The van der Waals surface area contributed by atoms with Crippen LogP contribution in [0.1, 0.15) is 323 Å². The Morgan fingerprint density at radius 3 is 0.897 bits per heavy atom. The van der Waals surface area contributed by atoms with E-state index in [0.717, 1.165) is 103 Å². The van der Waals surface area contributed by atoms with Gasteiger partial charge in [-0.3, -0.25) is 14.4 Å². The molecule has 6 nitrogen and oxygen atoms in total. The molecule has 0 spiro atoms. The summed E-state index contributed by atoms with van der Waals surface area (Å²) in [6, 6.07) is 0. The third-order valence-electron chi connectivity index (χ3n) is 13.4. The highest BCUT2D eigenvalue weighted by Gasteiger charge is 2.19. The van der Waals surface area contributed by atoms with E-state index in [1.165, 1.54) is 180 Å². The van der Waals surface area contributed by atoms with Gasteiger partial charge in [-0.15, -0.1) is 0 Å². The molecule has 0 rings (SSSR count). The van der Waals surface area contributed by atoms with E-state index in [4.69, 9.17) is 14.2 Å². The molecule has 0 fully saturated rings. The number of unbranched alkanes of at least 4 members (excludes halogenated alkanes) is 38. The molecule has 68 heavy (non-hydrogen) atoms. The molecule has 1 unspecified atom stereocenters. The van der Waals surface area contributed by atoms with E-state index in [1.807, 2.05) is 0 Å². The van der Waals surface area contributed by atoms with Gasteiger partial charge in [0.1, 0.15) is 13.2 Å². The van der Waals surface area contributed by atoms with Gasteiger partial charge in [-0.25, -0.2) is 0 Å². The van der Waals surface area contributed by atoms with Crippen molar-refractivity contribution in [1.82, 2.24) is 0 Å². The number of hydrogen-bond donors (Lipinski definition) is 0. The minimum atomic E-state index is -0.775. The lowest BCUT2D eigenvalue weighted by molar-refractivity contribution is -0.167. The topological polar surface area (TPSA) is 78.9 Å². The van der Waals surface area contributed by atoms with Crippen LogP contribution in [0.5, 0.6) is 0 Å². The molecule has 0 aromatic rings. The summed E-state index contributed by atoms with van der Waals surface area (Å²) in [7, 11) is 0. The standard InChI is InChI=1S/C62H114O6/c1-4-7-10-13-15-17-19-21-23-24-25-26-27-28-29-30-31-32-33-34-35-36-37-39-40-42-44-46-49-52-55-61(64)67-58-59(57-66-60(63)54-51-48-12-9-6-3)68-62(65)56-53-50-47-45-43-41-38-22-20-18-16-14-11-8-5-2/h8,11,16,18,22,38,59H,4-7,9-10,12-15,17,19-21,23-37,39-58H2,1-3H3/b11-8-,18-16-,38-22-. The van der Waals surface area contributed by atoms with Gasteiger partial charge < -0.3 is 14.2 Å². The maximum atomic E-state index is 12.7. The van der Waals surface area contributed by atoms with Crippen LogP contribution in [0.15, 0.2) is 36.5 Å². The SMILES string of the molecule is CC/C=C\C/C=C\C/C=C\CCCCCCCC(=O)OC(COC(=O)CCCCCCC)COC(=O)CCCCCCCCCCCCCCCCCCCCCCCCCCCCCCCC. The molecule has 1 atom stereocenters. The zero-order chi connectivity index (χ0) is 49.3. The van der Waals surface area contributed by atoms with E-state index in [0.29, 0.717) is 19.3 Å². The predicted octanol–water partition coefficient (Wildman–Crippen LogP) is 20.0. The van der Waals surface area contributed by atoms with Gasteiger partial charge in [-0.1, -0.05) is 288 Å². The van der Waals surface area contributed by atoms with Crippen molar-refractivity contribution in [2.45, 2.75) is 329 Å². The van der Waals surface area contributed by atoms with Gasteiger partial charge in [0.2, 0.25) is 0 Å². The maximum absolute atomic E-state index is 12.7. The van der Waals surface area contributed by atoms with Crippen LogP contribution >= 0.6 is 0 Å². The lowest BCUT2D eigenvalue weighted by Crippen LogP contribution is -2.30. The summed E-state index contributed by atoms with van der Waals surface area (Å²) >= 11 is 0. The van der Waals surface area contributed by atoms with Crippen molar-refractivity contribution in [2.24, 2.45) is 0 Å². The number of esters is 3. The molecule has 0 heterocycles. The molecule has 0 saturated carbocycles. The number of rotatable bonds is 55. The minimum absolute atomic E-state index is 0.0762. The summed E-state index contributed by atoms with van der Waals surface area (Å²) in [6.07, 6.45) is 69.3. The van der Waals surface area contributed by atoms with Crippen LogP contribution in [0.3, 0.4) is 0 Å². The Hall–Kier alpha value is -2.37. The molecule has 0 amide bonds. The fraction of sp³-hybridized carbons (Fsp3) is 0.855. The zero-order valence-electron chi connectivity index (χ0n) is 45.6. The van der Waals surface area contributed by atoms with E-state index in [2.05, 4.69) is 57.2 Å². The normalized spacial score (nSPS) is 12.2. The number of allylic oxidation sites excluding steroid dienone is 6. The Labute approximate surface area is 423 Å². The summed E-state index contributed by atoms with van der Waals surface area (Å²) in [4.78, 5) is 37.7. The van der Waals surface area contributed by atoms with Crippen molar-refractivity contribution >= 4 is 17.9 Å². The van der Waals surface area contributed by atoms with Crippen LogP contribution in [0, 0.1) is 0 Å². The van der Waals surface area contributed by atoms with E-state index in [9.17, 15) is 14.4 Å². The average molecular weight is 956 g/mol. The van der Waals surface area contributed by atoms with Gasteiger partial charge in [0.05, 0.1) is 0 Å². The maximum Gasteiger partial charge on any atom is 0.306 e. The van der Waals surface area contributed by atoms with Crippen LogP contribution in [0.25, 0.3) is 0 Å². The molecule has 0 saturated heterocycles. The molecule has 0 radical (unpaired) electrons. The second-order valence-corrected chi connectivity index (χ2v) is 20.2. The highest BCUT2D eigenvalue weighted by Crippen LogP contribution is 2.18. The summed E-state index contributed by atoms with van der Waals surface area (Å²) < 4.78 is 16.7. The first-order chi connectivity index (χ1) is 33.5. The van der Waals surface area contributed by atoms with Gasteiger partial charge in [0.25, 0.3) is 0 Å². The van der Waals surface area contributed by atoms with Gasteiger partial charge in [0.15, 0.2) is 6.10 Å². The molecular formula is C62H114O6. The van der Waals surface area contributed by atoms with Gasteiger partial charge >= 0.3 is 17.9 Å². The third-order valence-corrected chi connectivity index (χ3v) is 13.4. The molecule has 0 aromatic carbocycles. The molecule has 0 bridgehead atoms. The predicted molar refractivity (Wildman–Crippen MR) is 293 cm³/mol. The second kappa shape index (κ2) is 57.2. The smallest absolute Gasteiger partial charge is 0.306 e. The van der Waals surface area contributed by atoms with Gasteiger partial charge in [-0.2, -0.15) is 0 Å². The van der Waals surface area contributed by atoms with Crippen molar-refractivity contribution in [3.05, 3.63) is 36.5 Å². The van der Waals surface area contributed by atoms with E-state index in [-0.39, 0.29) is 31.1 Å². The van der Waals surface area contributed by atoms with Crippen molar-refractivity contribution in [2.75, 3.05) is 13.2 Å². The molecule has 0 aliphatic heterocycles. The van der Waals surface area contributed by atoms with Gasteiger partial charge in [-0.05, 0) is 51.4 Å².